The first-order valence-corrected chi connectivity index (χ1v) is 26.7. The van der Waals surface area contributed by atoms with E-state index in [1.165, 1.54) is 10.6 Å². The van der Waals surface area contributed by atoms with Crippen molar-refractivity contribution in [2.75, 3.05) is 19.6 Å². The molecule has 3 aliphatic heterocycles. The number of likely N-dealkylation sites (tertiary alicyclic amines) is 1. The molecule has 1 aliphatic carbocycles. The Morgan fingerprint density at radius 3 is 2.31 bits per heavy atom. The second-order valence-corrected chi connectivity index (χ2v) is 20.9. The van der Waals surface area contributed by atoms with Crippen molar-refractivity contribution in [3.63, 3.8) is 0 Å². The van der Waals surface area contributed by atoms with Gasteiger partial charge in [0.15, 0.2) is 23.0 Å². The number of hydrogen-bond acceptors (Lipinski definition) is 15. The highest BCUT2D eigenvalue weighted by atomic mass is 19.1. The number of aromatic nitrogens is 2. The van der Waals surface area contributed by atoms with E-state index >= 15 is 4.39 Å². The number of aryl methyl sites for hydroxylation is 1. The lowest BCUT2D eigenvalue weighted by Crippen LogP contribution is -2.44. The number of aliphatic carboxylic acids is 1. The molecule has 4 aromatic rings. The Bertz CT molecular complexity index is 3320. The van der Waals surface area contributed by atoms with E-state index in [1.807, 2.05) is 0 Å². The van der Waals surface area contributed by atoms with Crippen LogP contribution in [0, 0.1) is 24.6 Å². The third-order valence-electron chi connectivity index (χ3n) is 15.4. The van der Waals surface area contributed by atoms with Gasteiger partial charge in [0, 0.05) is 85.9 Å². The first-order chi connectivity index (χ1) is 38.1. The fraction of sp³-hybridized carbons (Fsp3) is 0.456. The smallest absolute Gasteiger partial charge is 0.343 e. The molecule has 0 spiro atoms. The van der Waals surface area contributed by atoms with Crippen LogP contribution < -0.4 is 26.8 Å². The van der Waals surface area contributed by atoms with Gasteiger partial charge in [-0.2, -0.15) is 0 Å². The second-order valence-electron chi connectivity index (χ2n) is 20.9. The van der Waals surface area contributed by atoms with Crippen LogP contribution in [-0.2, 0) is 89.1 Å². The van der Waals surface area contributed by atoms with E-state index in [1.54, 1.807) is 57.2 Å². The van der Waals surface area contributed by atoms with Gasteiger partial charge in [0.05, 0.1) is 60.6 Å². The molecule has 0 saturated carbocycles. The third kappa shape index (κ3) is 12.4. The highest BCUT2D eigenvalue weighted by molar-refractivity contribution is 6.04. The molecule has 23 heteroatoms. The average Bonchev–Trinajstić information content (AvgIpc) is 4.13. The van der Waals surface area contributed by atoms with Crippen LogP contribution in [0.25, 0.3) is 22.3 Å². The maximum atomic E-state index is 15.4. The lowest BCUT2D eigenvalue weighted by molar-refractivity contribution is -0.172. The topological polar surface area (TPSA) is 324 Å². The molecule has 4 aliphatic rings. The van der Waals surface area contributed by atoms with Crippen LogP contribution in [0.4, 0.5) is 4.39 Å². The van der Waals surface area contributed by atoms with Gasteiger partial charge in [-0.05, 0) is 67.3 Å². The van der Waals surface area contributed by atoms with Gasteiger partial charge in [0.25, 0.3) is 5.56 Å². The van der Waals surface area contributed by atoms with E-state index in [-0.39, 0.29) is 88.1 Å². The molecule has 8 rings (SSSR count). The molecule has 1 fully saturated rings. The molecule has 0 bridgehead atoms. The van der Waals surface area contributed by atoms with Gasteiger partial charge in [-0.3, -0.25) is 57.6 Å². The summed E-state index contributed by atoms with van der Waals surface area (Å²) in [6.45, 7) is 3.41. The first-order valence-electron chi connectivity index (χ1n) is 26.7. The Balaban J connectivity index is 0.831. The van der Waals surface area contributed by atoms with Gasteiger partial charge >= 0.3 is 11.9 Å². The zero-order valence-electron chi connectivity index (χ0n) is 44.5. The SMILES string of the molecule is CC[C@@]1(O)C(=O)OCc2c1cc1n(c2=O)Cc2c-1nc1cc(F)c(C)c3c1c2[C@@H](NC(=O)CCCC(=O)CNC(=O)[C@@H](CC(=O)CNC(=O)CCC(=O)[C@H](CC(=O)O)NC(=O)CCN1C(=O)CC(C)C1=O)Cc1ccccc1)CC3. The monoisotopic (exact) mass is 1100 g/mol. The fourth-order valence-electron chi connectivity index (χ4n) is 11.0. The van der Waals surface area contributed by atoms with Gasteiger partial charge in [-0.25, -0.2) is 14.2 Å². The Morgan fingerprint density at radius 2 is 1.61 bits per heavy atom. The number of ether oxygens (including phenoxy) is 1. The number of carbonyl (C=O) groups is 11. The maximum absolute atomic E-state index is 15.4. The number of nitrogens with zero attached hydrogens (tertiary/aromatic N) is 3. The number of halogens is 1. The van der Waals surface area contributed by atoms with Gasteiger partial charge in [-0.15, -0.1) is 0 Å². The molecule has 22 nitrogen and oxygen atoms in total. The Morgan fingerprint density at radius 1 is 0.875 bits per heavy atom. The minimum atomic E-state index is -2.06. The third-order valence-corrected chi connectivity index (χ3v) is 15.4. The predicted octanol–water partition coefficient (Wildman–Crippen LogP) is 2.51. The highest BCUT2D eigenvalue weighted by Gasteiger charge is 2.46. The van der Waals surface area contributed by atoms with Crippen molar-refractivity contribution in [3.8, 4) is 11.4 Å². The number of pyridine rings is 2. The van der Waals surface area contributed by atoms with Crippen LogP contribution in [0.1, 0.15) is 129 Å². The van der Waals surface area contributed by atoms with Gasteiger partial charge in [0.2, 0.25) is 35.4 Å². The Hall–Kier alpha value is -8.34. The second kappa shape index (κ2) is 24.4. The van der Waals surface area contributed by atoms with E-state index in [4.69, 9.17) is 9.72 Å². The number of carbonyl (C=O) groups excluding carboxylic acids is 10. The molecule has 2 aromatic heterocycles. The van der Waals surface area contributed by atoms with Crippen LogP contribution in [0.2, 0.25) is 0 Å². The summed E-state index contributed by atoms with van der Waals surface area (Å²) in [5.41, 5.74) is 1.91. The van der Waals surface area contributed by atoms with Crippen LogP contribution in [-0.4, -0.2) is 115 Å². The number of carboxylic acids is 1. The minimum Gasteiger partial charge on any atom is -0.481 e. The quantitative estimate of drug-likeness (QED) is 0.0361. The van der Waals surface area contributed by atoms with Crippen LogP contribution in [0.5, 0.6) is 0 Å². The summed E-state index contributed by atoms with van der Waals surface area (Å²) < 4.78 is 22.1. The molecule has 5 heterocycles. The van der Waals surface area contributed by atoms with Crippen LogP contribution in [0.3, 0.4) is 0 Å². The van der Waals surface area contributed by atoms with Crippen LogP contribution in [0.15, 0.2) is 47.3 Å². The van der Waals surface area contributed by atoms with Gasteiger partial charge in [-0.1, -0.05) is 44.2 Å². The van der Waals surface area contributed by atoms with E-state index in [0.717, 1.165) is 10.5 Å². The number of hydrogen-bond donors (Lipinski definition) is 6. The summed E-state index contributed by atoms with van der Waals surface area (Å²) in [5, 5.41) is 31.8. The Labute approximate surface area is 457 Å². The molecule has 422 valence electrons. The molecule has 6 N–H and O–H groups in total. The molecule has 6 amide bonds. The van der Waals surface area contributed by atoms with Crippen molar-refractivity contribution in [1.82, 2.24) is 35.7 Å². The van der Waals surface area contributed by atoms with Crippen molar-refractivity contribution in [1.29, 1.82) is 0 Å². The number of esters is 1. The molecular weight excluding hydrogens is 1040 g/mol. The number of amides is 6. The van der Waals surface area contributed by atoms with Crippen molar-refractivity contribution >= 4 is 75.6 Å². The number of fused-ring (bicyclic) bond motifs is 5. The fourth-order valence-corrected chi connectivity index (χ4v) is 11.0. The zero-order valence-corrected chi connectivity index (χ0v) is 44.5. The van der Waals surface area contributed by atoms with Crippen molar-refractivity contribution in [2.45, 2.75) is 135 Å². The number of aliphatic hydroxyl groups is 1. The van der Waals surface area contributed by atoms with Crippen molar-refractivity contribution in [3.05, 3.63) is 97.6 Å². The highest BCUT2D eigenvalue weighted by Crippen LogP contribution is 2.46. The number of carboxylic acid groups (broad SMARTS) is 1. The summed E-state index contributed by atoms with van der Waals surface area (Å²) in [6.07, 6.45) is -1.67. The molecule has 1 unspecified atom stereocenters. The predicted molar refractivity (Wildman–Crippen MR) is 280 cm³/mol. The van der Waals surface area contributed by atoms with E-state index in [0.29, 0.717) is 57.4 Å². The molecular formula is C57H62FN7O15. The van der Waals surface area contributed by atoms with Crippen molar-refractivity contribution in [2.24, 2.45) is 11.8 Å². The zero-order chi connectivity index (χ0) is 57.7. The summed E-state index contributed by atoms with van der Waals surface area (Å²) >= 11 is 0. The number of benzene rings is 2. The summed E-state index contributed by atoms with van der Waals surface area (Å²) in [5.74, 6) is -9.36. The molecule has 5 atom stereocenters. The number of ketones is 3. The lowest BCUT2D eigenvalue weighted by atomic mass is 9.81. The number of imide groups is 1. The number of Topliss-reactive ketones (excluding diaryl/α,β-unsaturated/α-hetero) is 3. The first kappa shape index (κ1) is 57.8. The lowest BCUT2D eigenvalue weighted by Gasteiger charge is -2.31. The van der Waals surface area contributed by atoms with Gasteiger partial charge < -0.3 is 40.8 Å². The van der Waals surface area contributed by atoms with Crippen LogP contribution >= 0.6 is 0 Å². The standard InChI is InChI=1S/C57H62FN7O15/c1-4-57(79)38-22-43-52-36(27-65(43)55(77)37(38)28-80-56(57)78)51-40(14-13-35-30(3)39(58)23-42(63-52)50(35)51)61-46(70)12-8-11-33(66)25-60-53(75)32(20-31-9-6-5-7-10-31)21-34(67)26-59-45(69)16-15-44(68)41(24-49(73)74)62-47(71)17-18-64-48(72)19-29(2)54(64)76/h5-7,9-10,22-23,29,32,40-41,79H,4,8,11-21,24-28H2,1-3H3,(H,59,69)(H,60,75)(H,61,70)(H,62,71)(H,73,74)/t29?,32-,40+,41+,57+/m1/s1. The summed E-state index contributed by atoms with van der Waals surface area (Å²) in [4.78, 5) is 160. The largest absolute Gasteiger partial charge is 0.481 e. The molecule has 1 saturated heterocycles. The van der Waals surface area contributed by atoms with E-state index in [9.17, 15) is 67.7 Å². The molecule has 0 radical (unpaired) electrons. The summed E-state index contributed by atoms with van der Waals surface area (Å²) in [7, 11) is 0. The molecule has 80 heavy (non-hydrogen) atoms. The van der Waals surface area contributed by atoms with Gasteiger partial charge in [0.1, 0.15) is 12.4 Å². The normalized spacial score (nSPS) is 18.6. The summed E-state index contributed by atoms with van der Waals surface area (Å²) in [6, 6.07) is 9.56. The van der Waals surface area contributed by atoms with E-state index < -0.39 is 132 Å². The Kier molecular flexibility index (Phi) is 17.6. The average molecular weight is 1100 g/mol. The molecule has 2 aromatic carbocycles. The number of cyclic esters (lactones) is 1. The maximum Gasteiger partial charge on any atom is 0.343 e. The number of nitrogens with one attached hydrogen (secondary N) is 4. The van der Waals surface area contributed by atoms with Crippen molar-refractivity contribution < 1.29 is 72.1 Å². The minimum absolute atomic E-state index is 0.00542. The number of rotatable bonds is 25. The van der Waals surface area contributed by atoms with E-state index in [2.05, 4.69) is 21.3 Å².